The molecule has 0 aliphatic rings. The van der Waals surface area contributed by atoms with Gasteiger partial charge in [-0.15, -0.1) is 0 Å². The third kappa shape index (κ3) is 3.21. The lowest BCUT2D eigenvalue weighted by Crippen LogP contribution is -1.95. The van der Waals surface area contributed by atoms with Gasteiger partial charge in [-0.1, -0.05) is 40.2 Å². The molecule has 3 aromatic heterocycles. The highest BCUT2D eigenvalue weighted by Gasteiger charge is 2.15. The first-order valence-electron chi connectivity index (χ1n) is 7.91. The lowest BCUT2D eigenvalue weighted by Gasteiger charge is -2.12. The molecule has 4 aromatic rings. The zero-order chi connectivity index (χ0) is 17.1. The van der Waals surface area contributed by atoms with Crippen LogP contribution in [0.2, 0.25) is 0 Å². The van der Waals surface area contributed by atoms with Gasteiger partial charge in [0.25, 0.3) is 0 Å². The molecular weight excluding hydrogens is 374 g/mol. The molecule has 0 N–H and O–H groups in total. The number of aromatic nitrogens is 3. The van der Waals surface area contributed by atoms with E-state index in [1.54, 1.807) is 18.6 Å². The molecule has 4 rings (SSSR count). The maximum absolute atomic E-state index is 4.63. The Labute approximate surface area is 154 Å². The highest BCUT2D eigenvalue weighted by atomic mass is 79.9. The third-order valence-corrected chi connectivity index (χ3v) is 4.46. The van der Waals surface area contributed by atoms with Crippen molar-refractivity contribution in [3.8, 4) is 33.8 Å². The Kier molecular flexibility index (Phi) is 4.36. The maximum Gasteiger partial charge on any atom is 0.0986 e. The smallest absolute Gasteiger partial charge is 0.0986 e. The summed E-state index contributed by atoms with van der Waals surface area (Å²) in [5.41, 5.74) is 5.69. The van der Waals surface area contributed by atoms with E-state index in [4.69, 9.17) is 0 Å². The van der Waals surface area contributed by atoms with Gasteiger partial charge in [0.2, 0.25) is 0 Å². The Morgan fingerprint density at radius 3 is 1.88 bits per heavy atom. The van der Waals surface area contributed by atoms with E-state index >= 15 is 0 Å². The Morgan fingerprint density at radius 2 is 1.20 bits per heavy atom. The second-order valence-corrected chi connectivity index (χ2v) is 6.44. The van der Waals surface area contributed by atoms with Gasteiger partial charge in [0.05, 0.1) is 17.1 Å². The second kappa shape index (κ2) is 6.95. The van der Waals surface area contributed by atoms with Gasteiger partial charge in [0, 0.05) is 34.2 Å². The summed E-state index contributed by atoms with van der Waals surface area (Å²) in [6.07, 6.45) is 5.39. The largest absolute Gasteiger partial charge is 0.256 e. The molecule has 0 fully saturated rings. The summed E-state index contributed by atoms with van der Waals surface area (Å²) in [6, 6.07) is 22.1. The Morgan fingerprint density at radius 1 is 0.560 bits per heavy atom. The first kappa shape index (κ1) is 15.7. The molecule has 0 saturated heterocycles. The fraction of sp³-hybridized carbons (Fsp3) is 0. The SMILES string of the molecule is Brc1ccc(-c2cccnc2-c2ncccc2-c2ccccn2)cc1. The average molecular weight is 388 g/mol. The van der Waals surface area contributed by atoms with Crippen LogP contribution in [0.3, 0.4) is 0 Å². The van der Waals surface area contributed by atoms with Gasteiger partial charge in [-0.3, -0.25) is 15.0 Å². The van der Waals surface area contributed by atoms with Crippen LogP contribution < -0.4 is 0 Å². The second-order valence-electron chi connectivity index (χ2n) is 5.52. The van der Waals surface area contributed by atoms with E-state index in [0.29, 0.717) is 0 Å². The van der Waals surface area contributed by atoms with Crippen molar-refractivity contribution in [3.05, 3.63) is 89.8 Å². The van der Waals surface area contributed by atoms with Crippen LogP contribution in [-0.2, 0) is 0 Å². The van der Waals surface area contributed by atoms with Gasteiger partial charge in [-0.2, -0.15) is 0 Å². The van der Waals surface area contributed by atoms with Crippen molar-refractivity contribution in [3.63, 3.8) is 0 Å². The van der Waals surface area contributed by atoms with Crippen LogP contribution in [-0.4, -0.2) is 15.0 Å². The van der Waals surface area contributed by atoms with Crippen LogP contribution in [0.15, 0.2) is 89.8 Å². The number of nitrogens with zero attached hydrogens (tertiary/aromatic N) is 3. The third-order valence-electron chi connectivity index (χ3n) is 3.94. The zero-order valence-corrected chi connectivity index (χ0v) is 14.9. The Balaban J connectivity index is 1.91. The molecule has 0 unspecified atom stereocenters. The number of benzene rings is 1. The molecule has 0 bridgehead atoms. The van der Waals surface area contributed by atoms with Crippen molar-refractivity contribution in [2.75, 3.05) is 0 Å². The molecular formula is C21H14BrN3. The minimum absolute atomic E-state index is 0.833. The molecule has 0 amide bonds. The molecule has 25 heavy (non-hydrogen) atoms. The zero-order valence-electron chi connectivity index (χ0n) is 13.3. The highest BCUT2D eigenvalue weighted by molar-refractivity contribution is 9.10. The molecule has 3 heterocycles. The number of rotatable bonds is 3. The van der Waals surface area contributed by atoms with Crippen LogP contribution in [0.1, 0.15) is 0 Å². The lowest BCUT2D eigenvalue weighted by molar-refractivity contribution is 1.23. The van der Waals surface area contributed by atoms with Crippen molar-refractivity contribution >= 4 is 15.9 Å². The normalized spacial score (nSPS) is 10.6. The summed E-state index contributed by atoms with van der Waals surface area (Å²) in [5, 5.41) is 0. The van der Waals surface area contributed by atoms with Gasteiger partial charge in [-0.05, 0) is 48.0 Å². The lowest BCUT2D eigenvalue weighted by atomic mass is 9.98. The summed E-state index contributed by atoms with van der Waals surface area (Å²) < 4.78 is 1.05. The fourth-order valence-corrected chi connectivity index (χ4v) is 3.04. The number of hydrogen-bond acceptors (Lipinski definition) is 3. The minimum Gasteiger partial charge on any atom is -0.256 e. The standard InChI is InChI=1S/C21H14BrN3/c22-16-10-8-15(9-11-16)17-5-3-13-24-20(17)21-18(6-4-14-25-21)19-7-1-2-12-23-19/h1-14H. The molecule has 120 valence electrons. The number of pyridine rings is 3. The van der Waals surface area contributed by atoms with Gasteiger partial charge in [-0.25, -0.2) is 0 Å². The van der Waals surface area contributed by atoms with E-state index in [0.717, 1.165) is 38.2 Å². The molecule has 1 aromatic carbocycles. The fourth-order valence-electron chi connectivity index (χ4n) is 2.78. The van der Waals surface area contributed by atoms with E-state index in [-0.39, 0.29) is 0 Å². The first-order chi connectivity index (χ1) is 12.3. The molecule has 0 aliphatic heterocycles. The molecule has 0 atom stereocenters. The Bertz CT molecular complexity index is 999. The molecule has 0 saturated carbocycles. The molecule has 0 radical (unpaired) electrons. The van der Waals surface area contributed by atoms with Crippen LogP contribution in [0, 0.1) is 0 Å². The minimum atomic E-state index is 0.833. The molecule has 0 aliphatic carbocycles. The summed E-state index contributed by atoms with van der Waals surface area (Å²) in [7, 11) is 0. The van der Waals surface area contributed by atoms with Gasteiger partial charge in [0.1, 0.15) is 0 Å². The monoisotopic (exact) mass is 387 g/mol. The van der Waals surface area contributed by atoms with Crippen molar-refractivity contribution in [2.45, 2.75) is 0 Å². The van der Waals surface area contributed by atoms with E-state index < -0.39 is 0 Å². The average Bonchev–Trinajstić information content (AvgIpc) is 2.69. The summed E-state index contributed by atoms with van der Waals surface area (Å²) in [5.74, 6) is 0. The van der Waals surface area contributed by atoms with Crippen molar-refractivity contribution in [2.24, 2.45) is 0 Å². The van der Waals surface area contributed by atoms with Crippen LogP contribution in [0.4, 0.5) is 0 Å². The van der Waals surface area contributed by atoms with Crippen LogP contribution in [0.5, 0.6) is 0 Å². The number of hydrogen-bond donors (Lipinski definition) is 0. The predicted octanol–water partition coefficient (Wildman–Crippen LogP) is 5.64. The van der Waals surface area contributed by atoms with E-state index in [2.05, 4.69) is 49.1 Å². The van der Waals surface area contributed by atoms with E-state index in [9.17, 15) is 0 Å². The van der Waals surface area contributed by atoms with Crippen LogP contribution >= 0.6 is 15.9 Å². The van der Waals surface area contributed by atoms with Gasteiger partial charge >= 0.3 is 0 Å². The summed E-state index contributed by atoms with van der Waals surface area (Å²) >= 11 is 3.49. The van der Waals surface area contributed by atoms with E-state index in [1.165, 1.54) is 0 Å². The van der Waals surface area contributed by atoms with Crippen molar-refractivity contribution in [1.82, 2.24) is 15.0 Å². The maximum atomic E-state index is 4.63. The summed E-state index contributed by atoms with van der Waals surface area (Å²) in [4.78, 5) is 13.7. The Hall–Kier alpha value is -2.85. The van der Waals surface area contributed by atoms with Crippen molar-refractivity contribution < 1.29 is 0 Å². The van der Waals surface area contributed by atoms with Gasteiger partial charge < -0.3 is 0 Å². The topological polar surface area (TPSA) is 38.7 Å². The molecule has 4 heteroatoms. The molecule has 3 nitrogen and oxygen atoms in total. The predicted molar refractivity (Wildman–Crippen MR) is 104 cm³/mol. The molecule has 0 spiro atoms. The van der Waals surface area contributed by atoms with Crippen molar-refractivity contribution in [1.29, 1.82) is 0 Å². The van der Waals surface area contributed by atoms with Gasteiger partial charge in [0.15, 0.2) is 0 Å². The van der Waals surface area contributed by atoms with E-state index in [1.807, 2.05) is 48.5 Å². The quantitative estimate of drug-likeness (QED) is 0.456. The number of halogens is 1. The van der Waals surface area contributed by atoms with Crippen LogP contribution in [0.25, 0.3) is 33.8 Å². The highest BCUT2D eigenvalue weighted by Crippen LogP contribution is 2.34. The first-order valence-corrected chi connectivity index (χ1v) is 8.70. The summed E-state index contributed by atoms with van der Waals surface area (Å²) in [6.45, 7) is 0.